The minimum Gasteiger partial charge on any atom is -0.337 e. The van der Waals surface area contributed by atoms with Gasteiger partial charge in [-0.25, -0.2) is 0 Å². The zero-order valence-electron chi connectivity index (χ0n) is 13.5. The maximum absolute atomic E-state index is 12.3. The number of hydrogen-bond acceptors (Lipinski definition) is 3. The lowest BCUT2D eigenvalue weighted by Gasteiger charge is -2.31. The van der Waals surface area contributed by atoms with Crippen LogP contribution in [0.5, 0.6) is 0 Å². The van der Waals surface area contributed by atoms with Gasteiger partial charge in [-0.3, -0.25) is 14.9 Å². The van der Waals surface area contributed by atoms with Crippen molar-refractivity contribution >= 4 is 16.8 Å². The Morgan fingerprint density at radius 1 is 1.21 bits per heavy atom. The van der Waals surface area contributed by atoms with E-state index in [9.17, 15) is 4.79 Å². The third kappa shape index (κ3) is 3.02. The molecule has 1 aliphatic heterocycles. The first kappa shape index (κ1) is 14.9. The number of likely N-dealkylation sites (tertiary alicyclic amines) is 1. The number of pyridine rings is 1. The second kappa shape index (κ2) is 6.43. The fourth-order valence-corrected chi connectivity index (χ4v) is 3.45. The highest BCUT2D eigenvalue weighted by molar-refractivity contribution is 5.92. The smallest absolute Gasteiger partial charge is 0.271 e. The van der Waals surface area contributed by atoms with Gasteiger partial charge >= 0.3 is 0 Å². The molecule has 24 heavy (non-hydrogen) atoms. The number of hydrogen-bond donors (Lipinski definition) is 1. The zero-order chi connectivity index (χ0) is 16.4. The quantitative estimate of drug-likeness (QED) is 0.807. The van der Waals surface area contributed by atoms with E-state index in [0.717, 1.165) is 37.9 Å². The number of aromatic amines is 1. The van der Waals surface area contributed by atoms with Crippen LogP contribution in [-0.2, 0) is 6.42 Å². The maximum atomic E-state index is 12.3. The molecule has 3 heterocycles. The minimum atomic E-state index is 0.0540. The molecule has 1 N–H and O–H groups in total. The molecular weight excluding hydrogens is 300 g/mol. The van der Waals surface area contributed by atoms with E-state index in [1.165, 1.54) is 10.9 Å². The van der Waals surface area contributed by atoms with Crippen molar-refractivity contribution in [2.45, 2.75) is 19.3 Å². The Labute approximate surface area is 140 Å². The summed E-state index contributed by atoms with van der Waals surface area (Å²) in [6.07, 6.45) is 6.71. The normalized spacial score (nSPS) is 15.8. The number of benzene rings is 1. The number of piperidine rings is 1. The van der Waals surface area contributed by atoms with E-state index in [0.29, 0.717) is 11.6 Å². The SMILES string of the molecule is O=C(c1ccn[nH]1)N1CCC(Cc2cnc3ccccc3c2)CC1. The molecule has 1 aliphatic rings. The van der Waals surface area contributed by atoms with Gasteiger partial charge in [-0.05, 0) is 48.9 Å². The van der Waals surface area contributed by atoms with Gasteiger partial charge in [0.05, 0.1) is 5.52 Å². The van der Waals surface area contributed by atoms with Gasteiger partial charge in [0.2, 0.25) is 0 Å². The van der Waals surface area contributed by atoms with Crippen LogP contribution in [0.2, 0.25) is 0 Å². The Kier molecular flexibility index (Phi) is 3.99. The molecule has 122 valence electrons. The summed E-state index contributed by atoms with van der Waals surface area (Å²) >= 11 is 0. The van der Waals surface area contributed by atoms with Crippen molar-refractivity contribution in [2.75, 3.05) is 13.1 Å². The van der Waals surface area contributed by atoms with E-state index >= 15 is 0 Å². The number of para-hydroxylation sites is 1. The van der Waals surface area contributed by atoms with Crippen molar-refractivity contribution < 1.29 is 4.79 Å². The first-order valence-corrected chi connectivity index (χ1v) is 8.42. The summed E-state index contributed by atoms with van der Waals surface area (Å²) in [7, 11) is 0. The number of aromatic nitrogens is 3. The van der Waals surface area contributed by atoms with Crippen molar-refractivity contribution in [2.24, 2.45) is 5.92 Å². The number of nitrogens with zero attached hydrogens (tertiary/aromatic N) is 3. The summed E-state index contributed by atoms with van der Waals surface area (Å²) in [4.78, 5) is 18.8. The molecule has 1 fully saturated rings. The monoisotopic (exact) mass is 320 g/mol. The third-order valence-electron chi connectivity index (χ3n) is 4.80. The molecule has 0 bridgehead atoms. The summed E-state index contributed by atoms with van der Waals surface area (Å²) in [6, 6.07) is 12.2. The van der Waals surface area contributed by atoms with Crippen LogP contribution in [0.25, 0.3) is 10.9 Å². The fraction of sp³-hybridized carbons (Fsp3) is 0.316. The predicted molar refractivity (Wildman–Crippen MR) is 92.7 cm³/mol. The highest BCUT2D eigenvalue weighted by Crippen LogP contribution is 2.23. The maximum Gasteiger partial charge on any atom is 0.271 e. The Morgan fingerprint density at radius 2 is 2.04 bits per heavy atom. The van der Waals surface area contributed by atoms with Crippen LogP contribution in [0.1, 0.15) is 28.9 Å². The summed E-state index contributed by atoms with van der Waals surface area (Å²) < 4.78 is 0. The number of H-pyrrole nitrogens is 1. The highest BCUT2D eigenvalue weighted by atomic mass is 16.2. The van der Waals surface area contributed by atoms with E-state index < -0.39 is 0 Å². The summed E-state index contributed by atoms with van der Waals surface area (Å²) in [5.41, 5.74) is 2.90. The van der Waals surface area contributed by atoms with Crippen LogP contribution in [-0.4, -0.2) is 39.1 Å². The molecule has 0 spiro atoms. The Hall–Kier alpha value is -2.69. The van der Waals surface area contributed by atoms with Gasteiger partial charge < -0.3 is 4.90 Å². The van der Waals surface area contributed by atoms with Crippen molar-refractivity contribution in [3.8, 4) is 0 Å². The Bertz CT molecular complexity index is 835. The standard InChI is InChI=1S/C19H20N4O/c24-19(18-5-8-21-22-18)23-9-6-14(7-10-23)11-15-12-16-3-1-2-4-17(16)20-13-15/h1-5,8,12-14H,6-7,9-11H2,(H,21,22). The van der Waals surface area contributed by atoms with Crippen LogP contribution < -0.4 is 0 Å². The lowest BCUT2D eigenvalue weighted by Crippen LogP contribution is -2.39. The largest absolute Gasteiger partial charge is 0.337 e. The van der Waals surface area contributed by atoms with Crippen LogP contribution in [0, 0.1) is 5.92 Å². The first-order chi connectivity index (χ1) is 11.8. The number of carbonyl (C=O) groups excluding carboxylic acids is 1. The average Bonchev–Trinajstić information content (AvgIpc) is 3.16. The molecule has 1 amide bonds. The van der Waals surface area contributed by atoms with Gasteiger partial charge in [-0.1, -0.05) is 18.2 Å². The van der Waals surface area contributed by atoms with Gasteiger partial charge in [-0.2, -0.15) is 5.10 Å². The average molecular weight is 320 g/mol. The van der Waals surface area contributed by atoms with Crippen molar-refractivity contribution in [3.63, 3.8) is 0 Å². The molecular formula is C19H20N4O. The van der Waals surface area contributed by atoms with E-state index in [1.807, 2.05) is 29.3 Å². The van der Waals surface area contributed by atoms with Gasteiger partial charge in [0.1, 0.15) is 5.69 Å². The van der Waals surface area contributed by atoms with Crippen molar-refractivity contribution in [3.05, 3.63) is 60.0 Å². The van der Waals surface area contributed by atoms with Gasteiger partial charge in [0.15, 0.2) is 0 Å². The number of fused-ring (bicyclic) bond motifs is 1. The van der Waals surface area contributed by atoms with E-state index in [4.69, 9.17) is 0 Å². The summed E-state index contributed by atoms with van der Waals surface area (Å²) in [5.74, 6) is 0.664. The van der Waals surface area contributed by atoms with Crippen LogP contribution in [0.3, 0.4) is 0 Å². The molecule has 0 atom stereocenters. The first-order valence-electron chi connectivity index (χ1n) is 8.42. The molecule has 0 saturated carbocycles. The van der Waals surface area contributed by atoms with Gasteiger partial charge in [-0.15, -0.1) is 0 Å². The lowest BCUT2D eigenvalue weighted by atomic mass is 9.90. The van der Waals surface area contributed by atoms with Crippen LogP contribution in [0.4, 0.5) is 0 Å². The fourth-order valence-electron chi connectivity index (χ4n) is 3.45. The third-order valence-corrected chi connectivity index (χ3v) is 4.80. The van der Waals surface area contributed by atoms with Crippen molar-refractivity contribution in [1.29, 1.82) is 0 Å². The van der Waals surface area contributed by atoms with E-state index in [1.54, 1.807) is 12.3 Å². The summed E-state index contributed by atoms with van der Waals surface area (Å²) in [5, 5.41) is 7.80. The second-order valence-corrected chi connectivity index (χ2v) is 6.45. The number of amides is 1. The molecule has 0 unspecified atom stereocenters. The molecule has 0 aliphatic carbocycles. The molecule has 5 nitrogen and oxygen atoms in total. The van der Waals surface area contributed by atoms with E-state index in [-0.39, 0.29) is 5.91 Å². The van der Waals surface area contributed by atoms with Crippen LogP contribution in [0.15, 0.2) is 48.8 Å². The number of nitrogens with one attached hydrogen (secondary N) is 1. The molecule has 2 aromatic heterocycles. The van der Waals surface area contributed by atoms with E-state index in [2.05, 4.69) is 27.3 Å². The minimum absolute atomic E-state index is 0.0540. The van der Waals surface area contributed by atoms with Gasteiger partial charge in [0.25, 0.3) is 5.91 Å². The molecule has 0 radical (unpaired) electrons. The number of carbonyl (C=O) groups is 1. The zero-order valence-corrected chi connectivity index (χ0v) is 13.5. The molecule has 5 heteroatoms. The topological polar surface area (TPSA) is 61.9 Å². The molecule has 1 saturated heterocycles. The molecule has 4 rings (SSSR count). The van der Waals surface area contributed by atoms with Crippen molar-refractivity contribution in [1.82, 2.24) is 20.1 Å². The Balaban J connectivity index is 1.38. The molecule has 3 aromatic rings. The predicted octanol–water partition coefficient (Wildman–Crippen LogP) is 3.05. The van der Waals surface area contributed by atoms with Gasteiger partial charge in [0, 0.05) is 30.9 Å². The highest BCUT2D eigenvalue weighted by Gasteiger charge is 2.24. The number of rotatable bonds is 3. The lowest BCUT2D eigenvalue weighted by molar-refractivity contribution is 0.0684. The van der Waals surface area contributed by atoms with Crippen LogP contribution >= 0.6 is 0 Å². The second-order valence-electron chi connectivity index (χ2n) is 6.45. The summed E-state index contributed by atoms with van der Waals surface area (Å²) in [6.45, 7) is 1.62. The molecule has 1 aromatic carbocycles. The Morgan fingerprint density at radius 3 is 2.83 bits per heavy atom.